The van der Waals surface area contributed by atoms with E-state index >= 15 is 0 Å². The summed E-state index contributed by atoms with van der Waals surface area (Å²) in [6.45, 7) is 0. The van der Waals surface area contributed by atoms with Crippen LogP contribution in [0.25, 0.3) is 0 Å². The first-order valence-corrected chi connectivity index (χ1v) is 16.9. The minimum atomic E-state index is -3.42. The molecule has 5 nitrogen and oxygen atoms in total. The fourth-order valence-corrected chi connectivity index (χ4v) is 6.13. The molecule has 0 amide bonds. The van der Waals surface area contributed by atoms with Gasteiger partial charge in [0.25, 0.3) is 0 Å². The van der Waals surface area contributed by atoms with Crippen molar-refractivity contribution in [2.45, 2.75) is 3.93 Å². The molecular formula is C13H8Cl5HgNO4. The molecule has 0 aliphatic carbocycles. The van der Waals surface area contributed by atoms with E-state index in [1.54, 1.807) is 0 Å². The van der Waals surface area contributed by atoms with Crippen molar-refractivity contribution in [1.29, 1.82) is 0 Å². The minimum absolute atomic E-state index is 0.103. The summed E-state index contributed by atoms with van der Waals surface area (Å²) in [7, 11) is 0. The van der Waals surface area contributed by atoms with Crippen molar-refractivity contribution in [3.63, 3.8) is 0 Å². The van der Waals surface area contributed by atoms with E-state index in [1.807, 2.05) is 30.3 Å². The molecule has 0 unspecified atom stereocenters. The molecule has 24 heavy (non-hydrogen) atoms. The van der Waals surface area contributed by atoms with Gasteiger partial charge in [-0.2, -0.15) is 0 Å². The Hall–Kier alpha value is -0.0149. The molecule has 1 N–H and O–H groups in total. The van der Waals surface area contributed by atoms with Crippen molar-refractivity contribution in [2.24, 2.45) is 0 Å². The first-order chi connectivity index (χ1) is 11.2. The van der Waals surface area contributed by atoms with Crippen molar-refractivity contribution in [1.82, 2.24) is 0 Å². The van der Waals surface area contributed by atoms with Crippen LogP contribution in [0.3, 0.4) is 0 Å². The Morgan fingerprint density at radius 2 is 1.33 bits per heavy atom. The Morgan fingerprint density at radius 1 is 0.917 bits per heavy atom. The molecular weight excluding hydrogens is 612 g/mol. The zero-order valence-electron chi connectivity index (χ0n) is 11.8. The molecule has 0 spiro atoms. The fourth-order valence-electron chi connectivity index (χ4n) is 1.65. The van der Waals surface area contributed by atoms with Gasteiger partial charge in [-0.25, -0.2) is 0 Å². The summed E-state index contributed by atoms with van der Waals surface area (Å²) in [5.74, 6) is 0. The number of benzene rings is 2. The number of nitrogens with zero attached hydrogens (tertiary/aromatic N) is 1. The van der Waals surface area contributed by atoms with E-state index in [1.165, 1.54) is 0 Å². The Bertz CT molecular complexity index is 744. The van der Waals surface area contributed by atoms with E-state index < -0.39 is 34.1 Å². The molecule has 0 fully saturated rings. The third kappa shape index (κ3) is 6.06. The van der Waals surface area contributed by atoms with Gasteiger partial charge < -0.3 is 0 Å². The third-order valence-corrected chi connectivity index (χ3v) is 8.88. The van der Waals surface area contributed by atoms with Gasteiger partial charge in [-0.1, -0.05) is 58.0 Å². The van der Waals surface area contributed by atoms with Crippen molar-refractivity contribution >= 4 is 63.7 Å². The topological polar surface area (TPSA) is 80.4 Å². The Balaban J connectivity index is 0.000000254. The van der Waals surface area contributed by atoms with E-state index in [2.05, 4.69) is 0 Å². The van der Waals surface area contributed by atoms with Gasteiger partial charge in [0.2, 0.25) is 0 Å². The third-order valence-electron chi connectivity index (χ3n) is 2.71. The molecule has 0 aromatic heterocycles. The van der Waals surface area contributed by atoms with Crippen LogP contribution in [0.4, 0.5) is 5.69 Å². The van der Waals surface area contributed by atoms with Crippen molar-refractivity contribution in [3.8, 4) is 0 Å². The summed E-state index contributed by atoms with van der Waals surface area (Å²) in [6, 6.07) is 9.42. The molecule has 0 aliphatic heterocycles. The van der Waals surface area contributed by atoms with Crippen molar-refractivity contribution < 1.29 is 34.1 Å². The summed E-state index contributed by atoms with van der Waals surface area (Å²) < 4.78 is 19.6. The number of nitro benzene ring substituents is 1. The molecule has 0 heterocycles. The van der Waals surface area contributed by atoms with E-state index in [0.717, 1.165) is 5.56 Å². The van der Waals surface area contributed by atoms with Gasteiger partial charge in [0.1, 0.15) is 10.0 Å². The second-order valence-corrected chi connectivity index (χ2v) is 12.6. The van der Waals surface area contributed by atoms with E-state index in [0.29, 0.717) is 3.93 Å². The molecule has 2 aromatic carbocycles. The van der Waals surface area contributed by atoms with Crippen molar-refractivity contribution in [2.75, 3.05) is 0 Å². The standard InChI is InChI=1S/C7H7.C6Cl5NO2.Hg.H2O.O/c1-7-5-3-2-4-6-7;7-1-2(8)4(10)6(12(13)14)5(11)3(1)9;;;/h2-6H,1H2;;;1H2;/q;;+1;;/p-1. The summed E-state index contributed by atoms with van der Waals surface area (Å²) in [4.78, 5) is 9.76. The fraction of sp³-hybridized carbons (Fsp3) is 0.0769. The van der Waals surface area contributed by atoms with Gasteiger partial charge in [0.05, 0.1) is 20.0 Å². The van der Waals surface area contributed by atoms with Crippen LogP contribution in [-0.2, 0) is 30.1 Å². The van der Waals surface area contributed by atoms with Crippen LogP contribution in [0.2, 0.25) is 25.1 Å². The van der Waals surface area contributed by atoms with Crippen LogP contribution in [0.5, 0.6) is 0 Å². The predicted octanol–water partition coefficient (Wildman–Crippen LogP) is 5.92. The SMILES string of the molecule is O=[N+]([O-])c1c(Cl)c(Cl)c(Cl)c(Cl)c1Cl.[O]=[Hg]([OH])[CH2]c1ccccc1. The van der Waals surface area contributed by atoms with Gasteiger partial charge in [-0.05, 0) is 0 Å². The maximum atomic E-state index is 10.5. The molecule has 0 bridgehead atoms. The second-order valence-electron chi connectivity index (χ2n) is 4.47. The van der Waals surface area contributed by atoms with Gasteiger partial charge in [0, 0.05) is 0 Å². The van der Waals surface area contributed by atoms with E-state index in [9.17, 15) is 12.8 Å². The van der Waals surface area contributed by atoms with E-state index in [-0.39, 0.29) is 25.1 Å². The average molecular weight is 620 g/mol. The number of halogens is 5. The molecule has 0 radical (unpaired) electrons. The van der Waals surface area contributed by atoms with Crippen LogP contribution in [0.1, 0.15) is 5.56 Å². The number of hydrogen-bond donors (Lipinski definition) is 1. The molecule has 0 saturated carbocycles. The first-order valence-electron chi connectivity index (χ1n) is 6.40. The number of rotatable bonds is 3. The molecule has 0 saturated heterocycles. The van der Waals surface area contributed by atoms with E-state index in [4.69, 9.17) is 61.0 Å². The van der Waals surface area contributed by atoms with Gasteiger partial charge in [-0.15, -0.1) is 0 Å². The summed E-state index contributed by atoms with van der Waals surface area (Å²) in [5, 5.41) is 9.41. The van der Waals surface area contributed by atoms with Crippen LogP contribution in [0, 0.1) is 10.1 Å². The molecule has 0 aliphatic rings. The quantitative estimate of drug-likeness (QED) is 0.152. The summed E-state index contributed by atoms with van der Waals surface area (Å²) >= 11 is 24.5. The van der Waals surface area contributed by atoms with Crippen LogP contribution >= 0.6 is 58.0 Å². The maximum absolute atomic E-state index is 10.5. The normalized spacial score (nSPS) is 9.54. The Morgan fingerprint density at radius 3 is 1.71 bits per heavy atom. The van der Waals surface area contributed by atoms with Crippen molar-refractivity contribution in [3.05, 3.63) is 71.1 Å². The second kappa shape index (κ2) is 10.2. The molecule has 126 valence electrons. The molecule has 2 aromatic rings. The Labute approximate surface area is 171 Å². The summed E-state index contributed by atoms with van der Waals surface area (Å²) in [5.41, 5.74) is 0.434. The number of nitro groups is 1. The van der Waals surface area contributed by atoms with Gasteiger partial charge in [-0.3, -0.25) is 10.1 Å². The van der Waals surface area contributed by atoms with Crippen LogP contribution < -0.4 is 0 Å². The van der Waals surface area contributed by atoms with Gasteiger partial charge >= 0.3 is 74.7 Å². The zero-order chi connectivity index (χ0) is 18.4. The molecule has 0 atom stereocenters. The monoisotopic (exact) mass is 619 g/mol. The Kier molecular flexibility index (Phi) is 9.37. The summed E-state index contributed by atoms with van der Waals surface area (Å²) in [6.07, 6.45) is 0. The predicted molar refractivity (Wildman–Crippen MR) is 91.2 cm³/mol. The van der Waals surface area contributed by atoms with Crippen LogP contribution in [0.15, 0.2) is 30.3 Å². The molecule has 11 heteroatoms. The molecule has 2 rings (SSSR count). The van der Waals surface area contributed by atoms with Gasteiger partial charge in [0.15, 0.2) is 0 Å². The average Bonchev–Trinajstić information content (AvgIpc) is 2.52. The zero-order valence-corrected chi connectivity index (χ0v) is 21.1. The van der Waals surface area contributed by atoms with Crippen LogP contribution in [-0.4, -0.2) is 7.94 Å². The first kappa shape index (κ1) is 22.0. The number of hydrogen-bond acceptors (Lipinski definition) is 3.